The van der Waals surface area contributed by atoms with Gasteiger partial charge < -0.3 is 14.8 Å². The smallest absolute Gasteiger partial charge is 0.548 e. The van der Waals surface area contributed by atoms with Gasteiger partial charge in [0.05, 0.1) is 12.0 Å². The third-order valence-electron chi connectivity index (χ3n) is 4.59. The van der Waals surface area contributed by atoms with Crippen LogP contribution in [0.15, 0.2) is 0 Å². The average Bonchev–Trinajstić information content (AvgIpc) is 2.99. The van der Waals surface area contributed by atoms with Crippen LogP contribution < -0.4 is 34.7 Å². The van der Waals surface area contributed by atoms with Crippen LogP contribution >= 0.6 is 0 Å². The number of nitrogens with zero attached hydrogens (tertiary/aromatic N) is 1. The molecule has 0 N–H and O–H groups in total. The molecule has 1 rings (SSSR count). The molecule has 5 heteroatoms. The van der Waals surface area contributed by atoms with E-state index in [1.165, 1.54) is 56.3 Å². The van der Waals surface area contributed by atoms with Crippen LogP contribution in [-0.2, 0) is 9.59 Å². The molecule has 0 saturated carbocycles. The topological polar surface area (TPSA) is 60.4 Å². The summed E-state index contributed by atoms with van der Waals surface area (Å²) < 4.78 is 0. The van der Waals surface area contributed by atoms with Crippen LogP contribution in [0.5, 0.6) is 0 Å². The van der Waals surface area contributed by atoms with Crippen molar-refractivity contribution in [1.82, 2.24) is 4.90 Å². The Morgan fingerprint density at radius 1 is 0.957 bits per heavy atom. The van der Waals surface area contributed by atoms with E-state index >= 15 is 0 Å². The molecule has 1 fully saturated rings. The number of carboxylic acid groups (broad SMARTS) is 1. The molecule has 1 atom stereocenters. The van der Waals surface area contributed by atoms with Gasteiger partial charge in [-0.3, -0.25) is 4.79 Å². The number of carboxylic acids is 1. The molecule has 1 heterocycles. The summed E-state index contributed by atoms with van der Waals surface area (Å²) in [5, 5.41) is 11.0. The second-order valence-corrected chi connectivity index (χ2v) is 6.50. The first-order chi connectivity index (χ1) is 10.7. The maximum absolute atomic E-state index is 12.0. The fourth-order valence-corrected chi connectivity index (χ4v) is 3.22. The van der Waals surface area contributed by atoms with Crippen LogP contribution in [0, 0.1) is 0 Å². The van der Waals surface area contributed by atoms with E-state index in [9.17, 15) is 14.7 Å². The SMILES string of the molecule is CCCCCCCCCCCCC(=O)N1CCC[C@H]1C(=O)[O-].[Na+]. The van der Waals surface area contributed by atoms with Crippen molar-refractivity contribution in [3.8, 4) is 0 Å². The van der Waals surface area contributed by atoms with E-state index in [1.807, 2.05) is 0 Å². The monoisotopic (exact) mass is 333 g/mol. The molecule has 0 spiro atoms. The van der Waals surface area contributed by atoms with Gasteiger partial charge in [-0.25, -0.2) is 0 Å². The zero-order valence-corrected chi connectivity index (χ0v) is 17.1. The first-order valence-electron chi connectivity index (χ1n) is 9.17. The minimum absolute atomic E-state index is 0. The molecule has 0 aliphatic carbocycles. The van der Waals surface area contributed by atoms with Gasteiger partial charge in [-0.1, -0.05) is 64.7 Å². The van der Waals surface area contributed by atoms with Crippen LogP contribution in [0.25, 0.3) is 0 Å². The predicted molar refractivity (Wildman–Crippen MR) is 86.2 cm³/mol. The van der Waals surface area contributed by atoms with E-state index in [4.69, 9.17) is 0 Å². The van der Waals surface area contributed by atoms with Crippen LogP contribution in [0.1, 0.15) is 90.4 Å². The van der Waals surface area contributed by atoms with Crippen LogP contribution in [-0.4, -0.2) is 29.4 Å². The van der Waals surface area contributed by atoms with Crippen molar-refractivity contribution in [2.75, 3.05) is 6.54 Å². The van der Waals surface area contributed by atoms with Gasteiger partial charge in [0.1, 0.15) is 0 Å². The number of likely N-dealkylation sites (tertiary alicyclic amines) is 1. The fourth-order valence-electron chi connectivity index (χ4n) is 3.22. The first-order valence-corrected chi connectivity index (χ1v) is 9.17. The summed E-state index contributed by atoms with van der Waals surface area (Å²) in [6.07, 6.45) is 14.2. The third kappa shape index (κ3) is 9.73. The van der Waals surface area contributed by atoms with Crippen molar-refractivity contribution in [2.45, 2.75) is 96.4 Å². The molecule has 1 aliphatic heterocycles. The number of hydrogen-bond acceptors (Lipinski definition) is 3. The molecule has 0 aromatic carbocycles. The molecule has 0 bridgehead atoms. The van der Waals surface area contributed by atoms with Gasteiger partial charge in [-0.05, 0) is 19.3 Å². The van der Waals surface area contributed by atoms with Crippen molar-refractivity contribution in [1.29, 1.82) is 0 Å². The van der Waals surface area contributed by atoms with Crippen LogP contribution in [0.2, 0.25) is 0 Å². The molecular formula is C18H32NNaO3. The number of hydrogen-bond donors (Lipinski definition) is 0. The van der Waals surface area contributed by atoms with Gasteiger partial charge in [0, 0.05) is 13.0 Å². The summed E-state index contributed by atoms with van der Waals surface area (Å²) in [7, 11) is 0. The average molecular weight is 333 g/mol. The molecule has 23 heavy (non-hydrogen) atoms. The molecule has 0 aromatic rings. The molecular weight excluding hydrogens is 301 g/mol. The maximum atomic E-state index is 12.0. The third-order valence-corrected chi connectivity index (χ3v) is 4.59. The largest absolute Gasteiger partial charge is 1.00 e. The Labute approximate surface area is 163 Å². The summed E-state index contributed by atoms with van der Waals surface area (Å²) in [5.74, 6) is -1.11. The zero-order valence-electron chi connectivity index (χ0n) is 15.1. The summed E-state index contributed by atoms with van der Waals surface area (Å²) in [4.78, 5) is 24.5. The van der Waals surface area contributed by atoms with Gasteiger partial charge in [0.25, 0.3) is 0 Å². The number of amides is 1. The molecule has 1 aliphatic rings. The van der Waals surface area contributed by atoms with E-state index in [0.717, 1.165) is 19.3 Å². The summed E-state index contributed by atoms with van der Waals surface area (Å²) >= 11 is 0. The second-order valence-electron chi connectivity index (χ2n) is 6.50. The summed E-state index contributed by atoms with van der Waals surface area (Å²) in [6.45, 7) is 2.81. The van der Waals surface area contributed by atoms with E-state index < -0.39 is 12.0 Å². The first kappa shape index (κ1) is 22.9. The second kappa shape index (κ2) is 14.3. The Hall–Kier alpha value is -0.0600. The van der Waals surface area contributed by atoms with Gasteiger partial charge >= 0.3 is 29.6 Å². The molecule has 0 aromatic heterocycles. The van der Waals surface area contributed by atoms with Crippen molar-refractivity contribution >= 4 is 11.9 Å². The molecule has 1 amide bonds. The van der Waals surface area contributed by atoms with Gasteiger partial charge in [-0.15, -0.1) is 0 Å². The number of carbonyl (C=O) groups excluding carboxylic acids is 2. The van der Waals surface area contributed by atoms with E-state index in [1.54, 1.807) is 0 Å². The number of carbonyl (C=O) groups is 2. The Balaban J connectivity index is 0.00000484. The Morgan fingerprint density at radius 2 is 1.48 bits per heavy atom. The molecule has 1 saturated heterocycles. The molecule has 0 unspecified atom stereocenters. The minimum atomic E-state index is -1.10. The Bertz CT molecular complexity index is 336. The summed E-state index contributed by atoms with van der Waals surface area (Å²) in [5.41, 5.74) is 0. The predicted octanol–water partition coefficient (Wildman–Crippen LogP) is 0.0423. The molecule has 128 valence electrons. The van der Waals surface area contributed by atoms with Crippen molar-refractivity contribution < 1.29 is 44.3 Å². The minimum Gasteiger partial charge on any atom is -0.548 e. The summed E-state index contributed by atoms with van der Waals surface area (Å²) in [6, 6.07) is -0.685. The zero-order chi connectivity index (χ0) is 16.2. The van der Waals surface area contributed by atoms with Gasteiger partial charge in [0.2, 0.25) is 5.91 Å². The van der Waals surface area contributed by atoms with Crippen molar-refractivity contribution in [3.05, 3.63) is 0 Å². The fraction of sp³-hybridized carbons (Fsp3) is 0.889. The van der Waals surface area contributed by atoms with Crippen LogP contribution in [0.4, 0.5) is 0 Å². The molecule has 0 radical (unpaired) electrons. The Kier molecular flexibility index (Phi) is 14.3. The standard InChI is InChI=1S/C18H33NO3.Na/c1-2-3-4-5-6-7-8-9-10-11-14-17(20)19-15-12-13-16(19)18(21)22;/h16H,2-15H2,1H3,(H,21,22);/q;+1/p-1/t16-;/m0./s1. The number of rotatable bonds is 12. The van der Waals surface area contributed by atoms with Crippen molar-refractivity contribution in [2.24, 2.45) is 0 Å². The Morgan fingerprint density at radius 3 is 2.00 bits per heavy atom. The van der Waals surface area contributed by atoms with E-state index in [2.05, 4.69) is 6.92 Å². The maximum Gasteiger partial charge on any atom is 1.00 e. The van der Waals surface area contributed by atoms with E-state index in [-0.39, 0.29) is 35.5 Å². The normalized spacial score (nSPS) is 17.1. The quantitative estimate of drug-likeness (QED) is 0.374. The van der Waals surface area contributed by atoms with Crippen molar-refractivity contribution in [3.63, 3.8) is 0 Å². The van der Waals surface area contributed by atoms with Gasteiger partial charge in [0.15, 0.2) is 0 Å². The number of unbranched alkanes of at least 4 members (excludes halogenated alkanes) is 9. The van der Waals surface area contributed by atoms with Crippen LogP contribution in [0.3, 0.4) is 0 Å². The van der Waals surface area contributed by atoms with E-state index in [0.29, 0.717) is 19.4 Å². The van der Waals surface area contributed by atoms with Gasteiger partial charge in [-0.2, -0.15) is 0 Å². The molecule has 4 nitrogen and oxygen atoms in total. The number of aliphatic carboxylic acids is 1.